The van der Waals surface area contributed by atoms with E-state index in [4.69, 9.17) is 5.73 Å². The molecule has 2 fully saturated rings. The molecular weight excluding hydrogens is 435 g/mol. The normalized spacial score (nSPS) is 18.7. The second kappa shape index (κ2) is 9.50. The SMILES string of the molecule is I.NC(=NCc1ccc(CN2CCCC2=O)cc1)N1CCSCC1. The zero-order chi connectivity index (χ0) is 16.1. The largest absolute Gasteiger partial charge is 0.370 e. The molecule has 1 aromatic carbocycles. The number of nitrogens with two attached hydrogens (primary N) is 1. The minimum absolute atomic E-state index is 0. The van der Waals surface area contributed by atoms with Crippen molar-refractivity contribution >= 4 is 47.6 Å². The lowest BCUT2D eigenvalue weighted by Gasteiger charge is -2.27. The van der Waals surface area contributed by atoms with Crippen molar-refractivity contribution in [3.8, 4) is 0 Å². The van der Waals surface area contributed by atoms with Gasteiger partial charge in [0.15, 0.2) is 5.96 Å². The van der Waals surface area contributed by atoms with Gasteiger partial charge in [-0.15, -0.1) is 24.0 Å². The number of rotatable bonds is 4. The van der Waals surface area contributed by atoms with Crippen molar-refractivity contribution in [3.63, 3.8) is 0 Å². The van der Waals surface area contributed by atoms with Crippen LogP contribution in [0.5, 0.6) is 0 Å². The number of carbonyl (C=O) groups is 1. The van der Waals surface area contributed by atoms with Crippen LogP contribution in [0.1, 0.15) is 24.0 Å². The molecule has 2 heterocycles. The Morgan fingerprint density at radius 1 is 1.12 bits per heavy atom. The van der Waals surface area contributed by atoms with Crippen LogP contribution in [-0.4, -0.2) is 52.8 Å². The summed E-state index contributed by atoms with van der Waals surface area (Å²) in [5, 5.41) is 0. The average Bonchev–Trinajstić information content (AvgIpc) is 2.99. The number of amides is 1. The van der Waals surface area contributed by atoms with Gasteiger partial charge in [0, 0.05) is 44.1 Å². The van der Waals surface area contributed by atoms with Gasteiger partial charge in [-0.25, -0.2) is 4.99 Å². The van der Waals surface area contributed by atoms with Crippen LogP contribution in [0, 0.1) is 0 Å². The van der Waals surface area contributed by atoms with Gasteiger partial charge in [0.1, 0.15) is 0 Å². The first-order valence-electron chi connectivity index (χ1n) is 8.20. The summed E-state index contributed by atoms with van der Waals surface area (Å²) >= 11 is 1.96. The predicted octanol–water partition coefficient (Wildman–Crippen LogP) is 2.29. The quantitative estimate of drug-likeness (QED) is 0.426. The molecule has 1 aromatic rings. The van der Waals surface area contributed by atoms with E-state index < -0.39 is 0 Å². The Bertz CT molecular complexity index is 572. The van der Waals surface area contributed by atoms with Crippen LogP contribution in [0.2, 0.25) is 0 Å². The molecule has 0 aliphatic carbocycles. The van der Waals surface area contributed by atoms with Crippen LogP contribution in [0.25, 0.3) is 0 Å². The van der Waals surface area contributed by atoms with E-state index in [1.807, 2.05) is 16.7 Å². The van der Waals surface area contributed by atoms with E-state index in [1.165, 1.54) is 5.56 Å². The summed E-state index contributed by atoms with van der Waals surface area (Å²) in [5.41, 5.74) is 8.40. The third-order valence-electron chi connectivity index (χ3n) is 4.33. The van der Waals surface area contributed by atoms with Crippen molar-refractivity contribution in [2.75, 3.05) is 31.1 Å². The fourth-order valence-electron chi connectivity index (χ4n) is 2.91. The summed E-state index contributed by atoms with van der Waals surface area (Å²) < 4.78 is 0. The Hall–Kier alpha value is -0.960. The van der Waals surface area contributed by atoms with Crippen LogP contribution in [0.4, 0.5) is 0 Å². The van der Waals surface area contributed by atoms with Gasteiger partial charge in [0.2, 0.25) is 5.91 Å². The Balaban J connectivity index is 0.00000208. The molecule has 5 nitrogen and oxygen atoms in total. The highest BCUT2D eigenvalue weighted by atomic mass is 127. The Morgan fingerprint density at radius 2 is 1.79 bits per heavy atom. The highest BCUT2D eigenvalue weighted by Crippen LogP contribution is 2.15. The van der Waals surface area contributed by atoms with Gasteiger partial charge in [-0.05, 0) is 17.5 Å². The van der Waals surface area contributed by atoms with Gasteiger partial charge in [-0.3, -0.25) is 4.79 Å². The molecule has 0 radical (unpaired) electrons. The lowest BCUT2D eigenvalue weighted by Crippen LogP contribution is -2.42. The fourth-order valence-corrected chi connectivity index (χ4v) is 3.81. The lowest BCUT2D eigenvalue weighted by molar-refractivity contribution is -0.128. The zero-order valence-corrected chi connectivity index (χ0v) is 17.0. The molecule has 0 saturated carbocycles. The number of hydrogen-bond donors (Lipinski definition) is 1. The molecule has 3 rings (SSSR count). The zero-order valence-electron chi connectivity index (χ0n) is 13.8. The second-order valence-electron chi connectivity index (χ2n) is 6.01. The first kappa shape index (κ1) is 19.4. The maximum atomic E-state index is 11.7. The van der Waals surface area contributed by atoms with Crippen LogP contribution in [0.3, 0.4) is 0 Å². The van der Waals surface area contributed by atoms with Gasteiger partial charge in [0.05, 0.1) is 6.54 Å². The van der Waals surface area contributed by atoms with E-state index in [-0.39, 0.29) is 29.9 Å². The molecule has 2 N–H and O–H groups in total. The minimum Gasteiger partial charge on any atom is -0.370 e. The van der Waals surface area contributed by atoms with Gasteiger partial charge in [-0.2, -0.15) is 11.8 Å². The van der Waals surface area contributed by atoms with E-state index in [0.29, 0.717) is 18.9 Å². The molecule has 1 amide bonds. The van der Waals surface area contributed by atoms with Gasteiger partial charge in [0.25, 0.3) is 0 Å². The van der Waals surface area contributed by atoms with Crippen molar-refractivity contribution in [1.29, 1.82) is 0 Å². The second-order valence-corrected chi connectivity index (χ2v) is 7.23. The molecule has 24 heavy (non-hydrogen) atoms. The number of hydrogen-bond acceptors (Lipinski definition) is 3. The number of halogens is 1. The van der Waals surface area contributed by atoms with Crippen LogP contribution < -0.4 is 5.73 Å². The summed E-state index contributed by atoms with van der Waals surface area (Å²) in [6.45, 7) is 4.19. The molecule has 0 atom stereocenters. The molecule has 2 saturated heterocycles. The molecule has 132 valence electrons. The van der Waals surface area contributed by atoms with E-state index in [1.54, 1.807) is 0 Å². The third-order valence-corrected chi connectivity index (χ3v) is 5.27. The number of likely N-dealkylation sites (tertiary alicyclic amines) is 1. The highest BCUT2D eigenvalue weighted by molar-refractivity contribution is 14.0. The Morgan fingerprint density at radius 3 is 2.42 bits per heavy atom. The number of thioether (sulfide) groups is 1. The van der Waals surface area contributed by atoms with E-state index in [9.17, 15) is 4.79 Å². The predicted molar refractivity (Wildman–Crippen MR) is 111 cm³/mol. The maximum absolute atomic E-state index is 11.7. The summed E-state index contributed by atoms with van der Waals surface area (Å²) in [6.07, 6.45) is 1.68. The first-order chi connectivity index (χ1) is 11.2. The monoisotopic (exact) mass is 460 g/mol. The topological polar surface area (TPSA) is 61.9 Å². The molecule has 0 bridgehead atoms. The molecular formula is C17H25IN4OS. The van der Waals surface area contributed by atoms with Crippen molar-refractivity contribution in [3.05, 3.63) is 35.4 Å². The maximum Gasteiger partial charge on any atom is 0.222 e. The van der Waals surface area contributed by atoms with Gasteiger partial charge in [-0.1, -0.05) is 24.3 Å². The summed E-state index contributed by atoms with van der Waals surface area (Å²) in [4.78, 5) is 20.3. The summed E-state index contributed by atoms with van der Waals surface area (Å²) in [7, 11) is 0. The number of nitrogens with zero attached hydrogens (tertiary/aromatic N) is 3. The average molecular weight is 460 g/mol. The minimum atomic E-state index is 0. The molecule has 0 spiro atoms. The fraction of sp³-hybridized carbons (Fsp3) is 0.529. The number of benzene rings is 1. The number of carbonyl (C=O) groups excluding carboxylic acids is 1. The smallest absolute Gasteiger partial charge is 0.222 e. The molecule has 2 aliphatic heterocycles. The van der Waals surface area contributed by atoms with Gasteiger partial charge >= 0.3 is 0 Å². The third kappa shape index (κ3) is 5.27. The summed E-state index contributed by atoms with van der Waals surface area (Å²) in [6, 6.07) is 8.34. The molecule has 0 aromatic heterocycles. The standard InChI is InChI=1S/C17H24N4OS.HI/c18-17(20-8-10-23-11-9-20)19-12-14-3-5-15(6-4-14)13-21-7-1-2-16(21)22;/h3-6H,1-2,7-13H2,(H2,18,19);1H. The van der Waals surface area contributed by atoms with Crippen molar-refractivity contribution in [1.82, 2.24) is 9.80 Å². The van der Waals surface area contributed by atoms with E-state index in [2.05, 4.69) is 34.2 Å². The van der Waals surface area contributed by atoms with Gasteiger partial charge < -0.3 is 15.5 Å². The van der Waals surface area contributed by atoms with E-state index >= 15 is 0 Å². The number of aliphatic imine (C=N–C) groups is 1. The Kier molecular flexibility index (Phi) is 7.67. The Labute approximate surface area is 165 Å². The lowest BCUT2D eigenvalue weighted by atomic mass is 10.1. The van der Waals surface area contributed by atoms with Crippen molar-refractivity contribution in [2.45, 2.75) is 25.9 Å². The van der Waals surface area contributed by atoms with Crippen molar-refractivity contribution < 1.29 is 4.79 Å². The molecule has 2 aliphatic rings. The van der Waals surface area contributed by atoms with E-state index in [0.717, 1.165) is 49.7 Å². The molecule has 0 unspecified atom stereocenters. The first-order valence-corrected chi connectivity index (χ1v) is 9.36. The summed E-state index contributed by atoms with van der Waals surface area (Å²) in [5.74, 6) is 3.17. The number of guanidine groups is 1. The van der Waals surface area contributed by atoms with Crippen LogP contribution >= 0.6 is 35.7 Å². The highest BCUT2D eigenvalue weighted by Gasteiger charge is 2.19. The van der Waals surface area contributed by atoms with Crippen molar-refractivity contribution in [2.24, 2.45) is 10.7 Å². The van der Waals surface area contributed by atoms with Crippen LogP contribution in [-0.2, 0) is 17.9 Å². The molecule has 7 heteroatoms. The van der Waals surface area contributed by atoms with Crippen LogP contribution in [0.15, 0.2) is 29.3 Å².